The monoisotopic (exact) mass is 404 g/mol. The van der Waals surface area contributed by atoms with E-state index in [0.29, 0.717) is 25.0 Å². The van der Waals surface area contributed by atoms with Gasteiger partial charge in [-0.2, -0.15) is 0 Å². The first-order valence-electron chi connectivity index (χ1n) is 11.2. The number of oxime groups is 1. The normalized spacial score (nSPS) is 51.3. The van der Waals surface area contributed by atoms with Gasteiger partial charge in [0, 0.05) is 29.5 Å². The lowest BCUT2D eigenvalue weighted by molar-refractivity contribution is -0.115. The zero-order valence-corrected chi connectivity index (χ0v) is 18.1. The lowest BCUT2D eigenvalue weighted by atomic mass is 9.46. The fourth-order valence-corrected chi connectivity index (χ4v) is 7.52. The minimum Gasteiger partial charge on any atom is -0.411 e. The molecule has 6 heteroatoms. The highest BCUT2D eigenvalue weighted by molar-refractivity contribution is 5.99. The van der Waals surface area contributed by atoms with Gasteiger partial charge in [-0.1, -0.05) is 19.0 Å². The summed E-state index contributed by atoms with van der Waals surface area (Å²) in [5.41, 5.74) is 1.02. The van der Waals surface area contributed by atoms with Crippen LogP contribution in [-0.4, -0.2) is 56.3 Å². The third-order valence-corrected chi connectivity index (χ3v) is 9.16. The smallest absolute Gasteiger partial charge is 0.0923 e. The van der Waals surface area contributed by atoms with Gasteiger partial charge in [0.15, 0.2) is 0 Å². The molecular formula is C23H36N2O4. The third-order valence-electron chi connectivity index (χ3n) is 9.16. The third kappa shape index (κ3) is 2.71. The van der Waals surface area contributed by atoms with Crippen molar-refractivity contribution in [1.82, 2.24) is 0 Å². The van der Waals surface area contributed by atoms with Crippen LogP contribution >= 0.6 is 0 Å². The Bertz CT molecular complexity index is 777. The average Bonchev–Trinajstić information content (AvgIpc) is 2.94. The van der Waals surface area contributed by atoms with E-state index in [1.54, 1.807) is 0 Å². The highest BCUT2D eigenvalue weighted by atomic mass is 16.4. The van der Waals surface area contributed by atoms with Crippen LogP contribution in [-0.2, 0) is 0 Å². The van der Waals surface area contributed by atoms with E-state index in [2.05, 4.69) is 30.9 Å². The van der Waals surface area contributed by atoms with E-state index in [1.165, 1.54) is 0 Å². The largest absolute Gasteiger partial charge is 0.411 e. The molecule has 0 aromatic heterocycles. The van der Waals surface area contributed by atoms with Gasteiger partial charge in [-0.05, 0) is 75.4 Å². The number of hydrogen-bond donors (Lipinski definition) is 4. The minimum atomic E-state index is -0.962. The molecule has 3 fully saturated rings. The molecule has 7 unspecified atom stereocenters. The van der Waals surface area contributed by atoms with Crippen LogP contribution < -0.4 is 0 Å². The maximum Gasteiger partial charge on any atom is 0.0923 e. The van der Waals surface area contributed by atoms with Crippen LogP contribution in [0.1, 0.15) is 66.2 Å². The molecule has 0 aromatic carbocycles. The maximum absolute atomic E-state index is 12.1. The zero-order chi connectivity index (χ0) is 21.2. The second-order valence-corrected chi connectivity index (χ2v) is 10.3. The van der Waals surface area contributed by atoms with Crippen LogP contribution in [0.25, 0.3) is 0 Å². The summed E-state index contributed by atoms with van der Waals surface area (Å²) in [7, 11) is 0. The van der Waals surface area contributed by atoms with Crippen LogP contribution in [0.5, 0.6) is 0 Å². The molecule has 4 rings (SSSR count). The van der Waals surface area contributed by atoms with Crippen LogP contribution in [0.15, 0.2) is 21.8 Å². The van der Waals surface area contributed by atoms with Crippen LogP contribution in [0.4, 0.5) is 0 Å². The molecule has 3 saturated carbocycles. The topological polar surface area (TPSA) is 106 Å². The van der Waals surface area contributed by atoms with Crippen molar-refractivity contribution in [2.45, 2.75) is 84.0 Å². The van der Waals surface area contributed by atoms with Crippen LogP contribution in [0.2, 0.25) is 0 Å². The molecule has 4 N–H and O–H groups in total. The van der Waals surface area contributed by atoms with Crippen molar-refractivity contribution < 1.29 is 20.5 Å². The molecule has 8 atom stereocenters. The van der Waals surface area contributed by atoms with E-state index in [-0.39, 0.29) is 28.6 Å². The average molecular weight is 405 g/mol. The predicted molar refractivity (Wildman–Crippen MR) is 112 cm³/mol. The number of allylic oxidation sites excluding steroid dienone is 1. The second-order valence-electron chi connectivity index (χ2n) is 10.3. The van der Waals surface area contributed by atoms with Crippen molar-refractivity contribution in [3.8, 4) is 0 Å². The molecule has 4 aliphatic rings. The Labute approximate surface area is 173 Å². The van der Waals surface area contributed by atoms with Crippen molar-refractivity contribution in [2.24, 2.45) is 38.7 Å². The Kier molecular flexibility index (Phi) is 4.99. The molecule has 0 amide bonds. The molecule has 0 spiro atoms. The van der Waals surface area contributed by atoms with Gasteiger partial charge in [-0.3, -0.25) is 4.99 Å². The lowest BCUT2D eigenvalue weighted by Crippen LogP contribution is -2.61. The first-order chi connectivity index (χ1) is 13.6. The summed E-state index contributed by atoms with van der Waals surface area (Å²) in [5.74, 6) is 0.238. The molecule has 6 nitrogen and oxygen atoms in total. The van der Waals surface area contributed by atoms with Gasteiger partial charge in [-0.15, -0.1) is 0 Å². The maximum atomic E-state index is 12.1. The molecule has 0 aromatic rings. The number of aliphatic imine (C=N–C) groups is 1. The number of hydrogen-bond acceptors (Lipinski definition) is 6. The van der Waals surface area contributed by atoms with Gasteiger partial charge in [0.25, 0.3) is 0 Å². The fourth-order valence-electron chi connectivity index (χ4n) is 7.52. The van der Waals surface area contributed by atoms with Crippen molar-refractivity contribution in [2.75, 3.05) is 6.54 Å². The number of aliphatic hydroxyl groups is 3. The molecule has 0 radical (unpaired) electrons. The summed E-state index contributed by atoms with van der Waals surface area (Å²) in [6, 6.07) is 0. The van der Waals surface area contributed by atoms with E-state index < -0.39 is 17.8 Å². The SMILES string of the molecule is CC/N=C(/C)C1CC[C@@]2(O)C3=C/C(=N\O)C4CC(O)C(O)CC4(C)C3CCC12C. The summed E-state index contributed by atoms with van der Waals surface area (Å²) in [6.45, 7) is 9.21. The zero-order valence-electron chi connectivity index (χ0n) is 18.1. The van der Waals surface area contributed by atoms with Gasteiger partial charge in [0.05, 0.1) is 23.5 Å². The first kappa shape index (κ1) is 21.0. The Balaban J connectivity index is 1.80. The summed E-state index contributed by atoms with van der Waals surface area (Å²) >= 11 is 0. The molecule has 4 aliphatic carbocycles. The first-order valence-corrected chi connectivity index (χ1v) is 11.2. The molecule has 162 valence electrons. The molecule has 0 bridgehead atoms. The van der Waals surface area contributed by atoms with E-state index in [1.807, 2.05) is 13.0 Å². The molecule has 0 aliphatic heterocycles. The van der Waals surface area contributed by atoms with E-state index in [9.17, 15) is 20.5 Å². The Morgan fingerprint density at radius 2 is 1.86 bits per heavy atom. The van der Waals surface area contributed by atoms with Crippen molar-refractivity contribution in [3.63, 3.8) is 0 Å². The van der Waals surface area contributed by atoms with E-state index in [4.69, 9.17) is 0 Å². The van der Waals surface area contributed by atoms with Gasteiger partial charge in [0.1, 0.15) is 0 Å². The van der Waals surface area contributed by atoms with Gasteiger partial charge >= 0.3 is 0 Å². The van der Waals surface area contributed by atoms with Gasteiger partial charge in [-0.25, -0.2) is 0 Å². The highest BCUT2D eigenvalue weighted by Gasteiger charge is 2.66. The van der Waals surface area contributed by atoms with Crippen molar-refractivity contribution >= 4 is 11.4 Å². The van der Waals surface area contributed by atoms with Crippen molar-refractivity contribution in [1.29, 1.82) is 0 Å². The predicted octanol–water partition coefficient (Wildman–Crippen LogP) is 2.93. The number of aliphatic hydroxyl groups excluding tert-OH is 2. The highest BCUT2D eigenvalue weighted by Crippen LogP contribution is 2.67. The second kappa shape index (κ2) is 6.89. The standard InChI is InChI=1S/C23H36N2O4/c1-5-24-13(2)14-7-9-23(28)16-10-18(25-29)17-11-19(26)20(27)12-21(17,3)15(16)6-8-22(14,23)4/h10,14-15,17,19-20,26-29H,5-9,11-12H2,1-4H3/b24-13-,25-18+/t14?,15?,17?,19?,20?,21?,22?,23-/m1/s1. The quantitative estimate of drug-likeness (QED) is 0.323. The Hall–Kier alpha value is -1.24. The van der Waals surface area contributed by atoms with Crippen molar-refractivity contribution in [3.05, 3.63) is 11.6 Å². The summed E-state index contributed by atoms with van der Waals surface area (Å²) < 4.78 is 0. The molecule has 0 heterocycles. The molecular weight excluding hydrogens is 368 g/mol. The fraction of sp³-hybridized carbons (Fsp3) is 0.826. The molecule has 0 saturated heterocycles. The van der Waals surface area contributed by atoms with Gasteiger partial charge in [0.2, 0.25) is 0 Å². The summed E-state index contributed by atoms with van der Waals surface area (Å²) in [5, 5.41) is 46.2. The van der Waals surface area contributed by atoms with Crippen LogP contribution in [0.3, 0.4) is 0 Å². The lowest BCUT2D eigenvalue weighted by Gasteiger charge is -2.60. The molecule has 29 heavy (non-hydrogen) atoms. The Morgan fingerprint density at radius 1 is 1.14 bits per heavy atom. The van der Waals surface area contributed by atoms with Crippen LogP contribution in [0, 0.1) is 28.6 Å². The Morgan fingerprint density at radius 3 is 2.52 bits per heavy atom. The number of fused-ring (bicyclic) bond motifs is 5. The summed E-state index contributed by atoms with van der Waals surface area (Å²) in [6.07, 6.45) is 4.57. The van der Waals surface area contributed by atoms with E-state index >= 15 is 0 Å². The van der Waals surface area contributed by atoms with E-state index in [0.717, 1.165) is 37.1 Å². The number of nitrogens with zero attached hydrogens (tertiary/aromatic N) is 2. The minimum absolute atomic E-state index is 0.111. The number of rotatable bonds is 2. The van der Waals surface area contributed by atoms with Gasteiger partial charge < -0.3 is 20.5 Å². The summed E-state index contributed by atoms with van der Waals surface area (Å²) in [4.78, 5) is 4.67.